The smallest absolute Gasteiger partial charge is 0.153 e. The normalized spacial score (nSPS) is 19.8. The molecule has 0 spiro atoms. The van der Waals surface area contributed by atoms with Gasteiger partial charge >= 0.3 is 0 Å². The Labute approximate surface area is 123 Å². The van der Waals surface area contributed by atoms with Gasteiger partial charge in [-0.2, -0.15) is 0 Å². The molecule has 0 bridgehead atoms. The molecule has 4 nitrogen and oxygen atoms in total. The molecule has 0 radical (unpaired) electrons. The van der Waals surface area contributed by atoms with Gasteiger partial charge in [0, 0.05) is 12.2 Å². The Morgan fingerprint density at radius 2 is 1.65 bits per heavy atom. The van der Waals surface area contributed by atoms with Crippen LogP contribution in [0.25, 0.3) is 0 Å². The Morgan fingerprint density at radius 3 is 2.10 bits per heavy atom. The lowest BCUT2D eigenvalue weighted by molar-refractivity contribution is -0.130. The van der Waals surface area contributed by atoms with Gasteiger partial charge < -0.3 is 0 Å². The largest absolute Gasteiger partial charge is 0.298 e. The van der Waals surface area contributed by atoms with Crippen molar-refractivity contribution in [1.29, 1.82) is 0 Å². The molecule has 0 aromatic rings. The second-order valence-electron chi connectivity index (χ2n) is 6.10. The quantitative estimate of drug-likeness (QED) is 0.678. The van der Waals surface area contributed by atoms with Crippen LogP contribution in [-0.4, -0.2) is 50.2 Å². The van der Waals surface area contributed by atoms with Crippen molar-refractivity contribution < 1.29 is 13.2 Å². The van der Waals surface area contributed by atoms with Crippen molar-refractivity contribution in [2.75, 3.05) is 25.6 Å². The molecular formula is C15H29NO3S. The molecule has 1 aliphatic rings. The first kappa shape index (κ1) is 17.6. The van der Waals surface area contributed by atoms with Crippen LogP contribution < -0.4 is 0 Å². The number of ketones is 1. The van der Waals surface area contributed by atoms with E-state index in [4.69, 9.17) is 0 Å². The SMILES string of the molecule is CCS(=O)(=O)CCCC(=O)C1(N(C)C)CCCCCC1. The molecule has 0 aliphatic heterocycles. The summed E-state index contributed by atoms with van der Waals surface area (Å²) in [6.45, 7) is 1.66. The molecule has 1 saturated carbocycles. The van der Waals surface area contributed by atoms with Gasteiger partial charge in [0.2, 0.25) is 0 Å². The first-order valence-electron chi connectivity index (χ1n) is 7.75. The van der Waals surface area contributed by atoms with E-state index in [0.29, 0.717) is 12.8 Å². The fraction of sp³-hybridized carbons (Fsp3) is 0.933. The summed E-state index contributed by atoms with van der Waals surface area (Å²) in [4.78, 5) is 14.7. The number of rotatable bonds is 7. The van der Waals surface area contributed by atoms with Crippen molar-refractivity contribution in [3.8, 4) is 0 Å². The number of Topliss-reactive ketones (excluding diaryl/α,β-unsaturated/α-hetero) is 1. The van der Waals surface area contributed by atoms with Crippen LogP contribution in [-0.2, 0) is 14.6 Å². The number of sulfone groups is 1. The van der Waals surface area contributed by atoms with E-state index in [1.807, 2.05) is 14.1 Å². The molecular weight excluding hydrogens is 274 g/mol. The lowest BCUT2D eigenvalue weighted by Crippen LogP contribution is -2.50. The third-order valence-electron chi connectivity index (χ3n) is 4.60. The molecule has 0 heterocycles. The summed E-state index contributed by atoms with van der Waals surface area (Å²) in [6, 6.07) is 0. The minimum absolute atomic E-state index is 0.138. The van der Waals surface area contributed by atoms with E-state index < -0.39 is 9.84 Å². The van der Waals surface area contributed by atoms with Gasteiger partial charge in [-0.25, -0.2) is 8.42 Å². The van der Waals surface area contributed by atoms with E-state index in [9.17, 15) is 13.2 Å². The standard InChI is InChI=1S/C15H29NO3S/c1-4-20(18,19)13-9-10-14(17)15(16(2)3)11-7-5-6-8-12-15/h4-13H2,1-3H3. The van der Waals surface area contributed by atoms with Crippen molar-refractivity contribution in [3.05, 3.63) is 0 Å². The van der Waals surface area contributed by atoms with Crippen LogP contribution in [0.1, 0.15) is 58.3 Å². The molecule has 20 heavy (non-hydrogen) atoms. The Morgan fingerprint density at radius 1 is 1.10 bits per heavy atom. The number of carbonyl (C=O) groups is 1. The summed E-state index contributed by atoms with van der Waals surface area (Å²) in [6.07, 6.45) is 7.27. The van der Waals surface area contributed by atoms with Gasteiger partial charge in [0.1, 0.15) is 9.84 Å². The zero-order valence-corrected chi connectivity index (χ0v) is 14.0. The predicted octanol–water partition coefficient (Wildman–Crippen LogP) is 2.42. The van der Waals surface area contributed by atoms with E-state index in [0.717, 1.165) is 25.7 Å². The fourth-order valence-electron chi connectivity index (χ4n) is 3.12. The third kappa shape index (κ3) is 4.55. The highest BCUT2D eigenvalue weighted by molar-refractivity contribution is 7.91. The highest BCUT2D eigenvalue weighted by Gasteiger charge is 2.39. The van der Waals surface area contributed by atoms with Crippen molar-refractivity contribution >= 4 is 15.6 Å². The summed E-state index contributed by atoms with van der Waals surface area (Å²) in [7, 11) is 0.997. The summed E-state index contributed by atoms with van der Waals surface area (Å²) in [5.74, 6) is 0.536. The van der Waals surface area contributed by atoms with Gasteiger partial charge in [0.15, 0.2) is 5.78 Å². The molecule has 1 aliphatic carbocycles. The molecule has 0 N–H and O–H groups in total. The Hall–Kier alpha value is -0.420. The summed E-state index contributed by atoms with van der Waals surface area (Å²) >= 11 is 0. The van der Waals surface area contributed by atoms with Gasteiger partial charge in [-0.3, -0.25) is 9.69 Å². The summed E-state index contributed by atoms with van der Waals surface area (Å²) in [5.41, 5.74) is -0.355. The number of nitrogens with zero attached hydrogens (tertiary/aromatic N) is 1. The minimum atomic E-state index is -2.96. The number of hydrogen-bond donors (Lipinski definition) is 0. The van der Waals surface area contributed by atoms with Crippen LogP contribution in [0.3, 0.4) is 0 Å². The van der Waals surface area contributed by atoms with E-state index in [1.54, 1.807) is 6.92 Å². The molecule has 0 saturated heterocycles. The van der Waals surface area contributed by atoms with Crippen molar-refractivity contribution in [2.45, 2.75) is 63.8 Å². The van der Waals surface area contributed by atoms with Gasteiger partial charge in [0.05, 0.1) is 11.3 Å². The van der Waals surface area contributed by atoms with E-state index in [1.165, 1.54) is 12.8 Å². The van der Waals surface area contributed by atoms with E-state index >= 15 is 0 Å². The third-order valence-corrected chi connectivity index (χ3v) is 6.40. The summed E-state index contributed by atoms with van der Waals surface area (Å²) in [5, 5.41) is 0. The maximum absolute atomic E-state index is 12.7. The molecule has 0 atom stereocenters. The number of carbonyl (C=O) groups excluding carboxylic acids is 1. The van der Waals surface area contributed by atoms with Crippen LogP contribution in [0.15, 0.2) is 0 Å². The van der Waals surface area contributed by atoms with Crippen LogP contribution in [0.2, 0.25) is 0 Å². The molecule has 0 aromatic carbocycles. The highest BCUT2D eigenvalue weighted by Crippen LogP contribution is 2.33. The lowest BCUT2D eigenvalue weighted by atomic mass is 9.82. The minimum Gasteiger partial charge on any atom is -0.298 e. The highest BCUT2D eigenvalue weighted by atomic mass is 32.2. The van der Waals surface area contributed by atoms with Gasteiger partial charge in [-0.1, -0.05) is 32.6 Å². The average Bonchev–Trinajstić information content (AvgIpc) is 2.65. The predicted molar refractivity (Wildman–Crippen MR) is 82.7 cm³/mol. The van der Waals surface area contributed by atoms with Crippen LogP contribution in [0, 0.1) is 0 Å². The Balaban J connectivity index is 2.65. The topological polar surface area (TPSA) is 54.5 Å². The molecule has 1 rings (SSSR count). The zero-order chi connectivity index (χ0) is 15.2. The maximum Gasteiger partial charge on any atom is 0.153 e. The first-order chi connectivity index (χ1) is 9.34. The van der Waals surface area contributed by atoms with Crippen molar-refractivity contribution in [2.24, 2.45) is 0 Å². The van der Waals surface area contributed by atoms with Crippen LogP contribution >= 0.6 is 0 Å². The lowest BCUT2D eigenvalue weighted by Gasteiger charge is -2.38. The molecule has 5 heteroatoms. The average molecular weight is 303 g/mol. The van der Waals surface area contributed by atoms with Gasteiger partial charge in [-0.15, -0.1) is 0 Å². The summed E-state index contributed by atoms with van der Waals surface area (Å²) < 4.78 is 23.0. The molecule has 118 valence electrons. The second kappa shape index (κ2) is 7.55. The Kier molecular flexibility index (Phi) is 6.65. The van der Waals surface area contributed by atoms with Gasteiger partial charge in [-0.05, 0) is 33.4 Å². The van der Waals surface area contributed by atoms with Crippen LogP contribution in [0.4, 0.5) is 0 Å². The monoisotopic (exact) mass is 303 g/mol. The zero-order valence-electron chi connectivity index (χ0n) is 13.2. The molecule has 1 fully saturated rings. The number of likely N-dealkylation sites (N-methyl/N-ethyl adjacent to an activating group) is 1. The van der Waals surface area contributed by atoms with E-state index in [-0.39, 0.29) is 22.8 Å². The molecule has 0 aromatic heterocycles. The van der Waals surface area contributed by atoms with E-state index in [2.05, 4.69) is 4.90 Å². The molecule has 0 amide bonds. The maximum atomic E-state index is 12.7. The van der Waals surface area contributed by atoms with Crippen LogP contribution in [0.5, 0.6) is 0 Å². The molecule has 0 unspecified atom stereocenters. The Bertz CT molecular complexity index is 407. The van der Waals surface area contributed by atoms with Crippen molar-refractivity contribution in [1.82, 2.24) is 4.90 Å². The first-order valence-corrected chi connectivity index (χ1v) is 9.57. The second-order valence-corrected chi connectivity index (χ2v) is 8.58. The van der Waals surface area contributed by atoms with Crippen molar-refractivity contribution in [3.63, 3.8) is 0 Å². The fourth-order valence-corrected chi connectivity index (χ4v) is 3.99. The van der Waals surface area contributed by atoms with Gasteiger partial charge in [0.25, 0.3) is 0 Å². The number of hydrogen-bond acceptors (Lipinski definition) is 4.